The van der Waals surface area contributed by atoms with Crippen molar-refractivity contribution < 1.29 is 19.1 Å². The van der Waals surface area contributed by atoms with Gasteiger partial charge in [0.15, 0.2) is 0 Å². The van der Waals surface area contributed by atoms with Gasteiger partial charge in [-0.3, -0.25) is 4.79 Å². The summed E-state index contributed by atoms with van der Waals surface area (Å²) >= 11 is 1.50. The van der Waals surface area contributed by atoms with E-state index in [2.05, 4.69) is 5.32 Å². The highest BCUT2D eigenvalue weighted by molar-refractivity contribution is 7.17. The fourth-order valence-corrected chi connectivity index (χ4v) is 6.06. The zero-order chi connectivity index (χ0) is 25.1. The molecule has 0 saturated heterocycles. The first-order valence-electron chi connectivity index (χ1n) is 12.2. The van der Waals surface area contributed by atoms with Gasteiger partial charge in [-0.25, -0.2) is 9.78 Å². The first kappa shape index (κ1) is 24.0. The second-order valence-corrected chi connectivity index (χ2v) is 9.98. The molecule has 1 N–H and O–H groups in total. The molecule has 2 aromatic heterocycles. The molecule has 2 heterocycles. The van der Waals surface area contributed by atoms with Crippen molar-refractivity contribution >= 4 is 39.1 Å². The molecule has 1 aliphatic carbocycles. The number of anilines is 1. The highest BCUT2D eigenvalue weighted by Crippen LogP contribution is 2.38. The molecule has 1 amide bonds. The van der Waals surface area contributed by atoms with Gasteiger partial charge < -0.3 is 14.8 Å². The maximum Gasteiger partial charge on any atom is 0.341 e. The highest BCUT2D eigenvalue weighted by Gasteiger charge is 2.26. The molecule has 184 valence electrons. The van der Waals surface area contributed by atoms with E-state index in [4.69, 9.17) is 14.5 Å². The number of amides is 1. The lowest BCUT2D eigenvalue weighted by Crippen LogP contribution is -2.15. The molecule has 0 saturated carbocycles. The van der Waals surface area contributed by atoms with Crippen molar-refractivity contribution in [1.29, 1.82) is 0 Å². The van der Waals surface area contributed by atoms with Crippen LogP contribution < -0.4 is 10.1 Å². The Hall–Kier alpha value is -3.71. The maximum atomic E-state index is 13.7. The van der Waals surface area contributed by atoms with E-state index in [-0.39, 0.29) is 5.91 Å². The van der Waals surface area contributed by atoms with E-state index in [1.165, 1.54) is 29.7 Å². The molecule has 7 heteroatoms. The maximum absolute atomic E-state index is 13.7. The summed E-state index contributed by atoms with van der Waals surface area (Å²) in [5, 5.41) is 4.36. The Kier molecular flexibility index (Phi) is 7.00. The van der Waals surface area contributed by atoms with Crippen molar-refractivity contribution in [3.63, 3.8) is 0 Å². The van der Waals surface area contributed by atoms with Gasteiger partial charge in [-0.2, -0.15) is 0 Å². The summed E-state index contributed by atoms with van der Waals surface area (Å²) in [6, 6.07) is 17.0. The van der Waals surface area contributed by atoms with Gasteiger partial charge >= 0.3 is 5.97 Å². The number of aromatic nitrogens is 1. The number of nitrogens with one attached hydrogen (secondary N) is 1. The second-order valence-electron chi connectivity index (χ2n) is 8.87. The lowest BCUT2D eigenvalue weighted by Gasteiger charge is -2.12. The monoisotopic (exact) mass is 500 g/mol. The van der Waals surface area contributed by atoms with E-state index >= 15 is 0 Å². The van der Waals surface area contributed by atoms with Crippen LogP contribution in [0.25, 0.3) is 22.2 Å². The predicted octanol–water partition coefficient (Wildman–Crippen LogP) is 6.67. The largest absolute Gasteiger partial charge is 0.497 e. The quantitative estimate of drug-likeness (QED) is 0.310. The molecule has 0 spiro atoms. The molecule has 0 atom stereocenters. The van der Waals surface area contributed by atoms with Crippen LogP contribution in [0.1, 0.15) is 56.8 Å². The Balaban J connectivity index is 1.58. The van der Waals surface area contributed by atoms with Crippen LogP contribution in [-0.4, -0.2) is 31.1 Å². The number of hydrogen-bond acceptors (Lipinski definition) is 6. The number of carbonyl (C=O) groups is 2. The molecule has 6 nitrogen and oxygen atoms in total. The Labute approximate surface area is 214 Å². The molecule has 5 rings (SSSR count). The standard InChI is InChI=1S/C29H28N2O4S/c1-34-19-11-9-10-18(16-19)24-17-22(20-12-7-8-14-23(20)30-24)27(32)31-28-26(29(33)35-2)21-13-5-3-4-6-15-25(21)36-28/h7-12,14,16-17H,3-6,13,15H2,1-2H3,(H,31,32). The third kappa shape index (κ3) is 4.71. The van der Waals surface area contributed by atoms with Crippen molar-refractivity contribution in [3.05, 3.63) is 76.2 Å². The minimum absolute atomic E-state index is 0.280. The summed E-state index contributed by atoms with van der Waals surface area (Å²) in [5.41, 5.74) is 4.26. The normalized spacial score (nSPS) is 13.4. The van der Waals surface area contributed by atoms with E-state index in [9.17, 15) is 9.59 Å². The predicted molar refractivity (Wildman–Crippen MR) is 143 cm³/mol. The summed E-state index contributed by atoms with van der Waals surface area (Å²) in [6.07, 6.45) is 6.18. The highest BCUT2D eigenvalue weighted by atomic mass is 32.1. The van der Waals surface area contributed by atoms with E-state index in [0.29, 0.717) is 27.6 Å². The van der Waals surface area contributed by atoms with E-state index in [1.54, 1.807) is 13.2 Å². The van der Waals surface area contributed by atoms with Gasteiger partial charge in [-0.05, 0) is 55.5 Å². The average Bonchev–Trinajstić information content (AvgIpc) is 3.22. The number of fused-ring (bicyclic) bond motifs is 2. The number of benzene rings is 2. The number of ether oxygens (including phenoxy) is 2. The fraction of sp³-hybridized carbons (Fsp3) is 0.276. The lowest BCUT2D eigenvalue weighted by atomic mass is 9.96. The fourth-order valence-electron chi connectivity index (χ4n) is 4.79. The smallest absolute Gasteiger partial charge is 0.341 e. The number of nitrogens with zero attached hydrogens (tertiary/aromatic N) is 1. The van der Waals surface area contributed by atoms with Crippen LogP contribution in [0.4, 0.5) is 5.00 Å². The number of esters is 1. The number of methoxy groups -OCH3 is 2. The van der Waals surface area contributed by atoms with Crippen LogP contribution in [0.5, 0.6) is 5.75 Å². The van der Waals surface area contributed by atoms with Crippen molar-refractivity contribution in [2.24, 2.45) is 0 Å². The van der Waals surface area contributed by atoms with Gasteiger partial charge in [0, 0.05) is 15.8 Å². The zero-order valence-electron chi connectivity index (χ0n) is 20.4. The third-order valence-corrected chi connectivity index (χ3v) is 7.82. The summed E-state index contributed by atoms with van der Waals surface area (Å²) in [5.74, 6) is 0.0318. The molecule has 0 bridgehead atoms. The van der Waals surface area contributed by atoms with Gasteiger partial charge in [-0.1, -0.05) is 43.2 Å². The molecular weight excluding hydrogens is 472 g/mol. The number of pyridine rings is 1. The van der Waals surface area contributed by atoms with Gasteiger partial charge in [0.05, 0.1) is 36.6 Å². The SMILES string of the molecule is COC(=O)c1c(NC(=O)c2cc(-c3cccc(OC)c3)nc3ccccc23)sc2c1CCCCCC2. The molecular formula is C29H28N2O4S. The third-order valence-electron chi connectivity index (χ3n) is 6.61. The summed E-state index contributed by atoms with van der Waals surface area (Å²) in [6.45, 7) is 0. The molecule has 0 radical (unpaired) electrons. The number of aryl methyl sites for hydroxylation is 1. The van der Waals surface area contributed by atoms with E-state index in [0.717, 1.165) is 54.1 Å². The first-order chi connectivity index (χ1) is 17.6. The van der Waals surface area contributed by atoms with Gasteiger partial charge in [0.25, 0.3) is 5.91 Å². The second kappa shape index (κ2) is 10.5. The summed E-state index contributed by atoms with van der Waals surface area (Å²) < 4.78 is 10.5. The molecule has 0 fully saturated rings. The van der Waals surface area contributed by atoms with Crippen molar-refractivity contribution in [1.82, 2.24) is 4.98 Å². The average molecular weight is 501 g/mol. The van der Waals surface area contributed by atoms with Gasteiger partial charge in [-0.15, -0.1) is 11.3 Å². The van der Waals surface area contributed by atoms with Crippen molar-refractivity contribution in [2.75, 3.05) is 19.5 Å². The molecule has 36 heavy (non-hydrogen) atoms. The van der Waals surface area contributed by atoms with Gasteiger partial charge in [0.2, 0.25) is 0 Å². The van der Waals surface area contributed by atoms with E-state index < -0.39 is 5.97 Å². The van der Waals surface area contributed by atoms with Crippen LogP contribution in [0, 0.1) is 0 Å². The number of hydrogen-bond donors (Lipinski definition) is 1. The van der Waals surface area contributed by atoms with Crippen LogP contribution in [-0.2, 0) is 17.6 Å². The molecule has 0 aliphatic heterocycles. The number of para-hydroxylation sites is 1. The van der Waals surface area contributed by atoms with Crippen molar-refractivity contribution in [3.8, 4) is 17.0 Å². The van der Waals surface area contributed by atoms with E-state index in [1.807, 2.05) is 48.5 Å². The Morgan fingerprint density at radius 3 is 2.56 bits per heavy atom. The number of thiophene rings is 1. The van der Waals surface area contributed by atoms with Crippen LogP contribution in [0.3, 0.4) is 0 Å². The Morgan fingerprint density at radius 2 is 1.75 bits per heavy atom. The number of carbonyl (C=O) groups excluding carboxylic acids is 2. The number of rotatable bonds is 5. The zero-order valence-corrected chi connectivity index (χ0v) is 21.2. The van der Waals surface area contributed by atoms with Crippen molar-refractivity contribution in [2.45, 2.75) is 38.5 Å². The molecule has 2 aromatic carbocycles. The topological polar surface area (TPSA) is 77.5 Å². The molecule has 4 aromatic rings. The summed E-state index contributed by atoms with van der Waals surface area (Å²) in [7, 11) is 3.01. The summed E-state index contributed by atoms with van der Waals surface area (Å²) in [4.78, 5) is 32.5. The first-order valence-corrected chi connectivity index (χ1v) is 13.0. The van der Waals surface area contributed by atoms with Gasteiger partial charge in [0.1, 0.15) is 10.8 Å². The minimum atomic E-state index is -0.403. The lowest BCUT2D eigenvalue weighted by molar-refractivity contribution is 0.0601. The van der Waals surface area contributed by atoms with Crippen LogP contribution >= 0.6 is 11.3 Å². The van der Waals surface area contributed by atoms with Crippen LogP contribution in [0.2, 0.25) is 0 Å². The van der Waals surface area contributed by atoms with Crippen LogP contribution in [0.15, 0.2) is 54.6 Å². The molecule has 0 unspecified atom stereocenters. The Bertz CT molecular complexity index is 1440. The molecule has 1 aliphatic rings. The minimum Gasteiger partial charge on any atom is -0.497 e. The Morgan fingerprint density at radius 1 is 0.944 bits per heavy atom.